The highest BCUT2D eigenvalue weighted by Gasteiger charge is 2.68. The van der Waals surface area contributed by atoms with Gasteiger partial charge in [-0.05, 0) is 42.9 Å². The van der Waals surface area contributed by atoms with E-state index in [1.165, 1.54) is 12.5 Å². The molecule has 3 aliphatic heterocycles. The standard InChI is InChI=1S/C23H30N2O3/c1-4-16-12-24-10-9-23-19-7-5-6-8-20(19)25(14(2)26)22(23)18(13-28-15(3)27)17(16)11-21(23)24/h5-8,16-18,21-22H,4,9-13H2,1-3H3/t16-,17+,18-,21+,22+,23-/m1/s1. The minimum absolute atomic E-state index is 0.0255. The van der Waals surface area contributed by atoms with E-state index in [0.717, 1.165) is 38.0 Å². The number of nitrogens with zero attached hydrogens (tertiary/aromatic N) is 2. The number of anilines is 1. The zero-order valence-corrected chi connectivity index (χ0v) is 17.1. The molecule has 0 radical (unpaired) electrons. The Morgan fingerprint density at radius 3 is 2.75 bits per heavy atom. The molecule has 1 aromatic rings. The van der Waals surface area contributed by atoms with Crippen molar-refractivity contribution in [1.82, 2.24) is 4.90 Å². The summed E-state index contributed by atoms with van der Waals surface area (Å²) in [6, 6.07) is 9.08. The van der Waals surface area contributed by atoms with Crippen LogP contribution in [-0.2, 0) is 19.7 Å². The summed E-state index contributed by atoms with van der Waals surface area (Å²) in [7, 11) is 0. The van der Waals surface area contributed by atoms with E-state index in [1.54, 1.807) is 6.92 Å². The third-order valence-corrected chi connectivity index (χ3v) is 8.19. The van der Waals surface area contributed by atoms with Crippen LogP contribution in [0.1, 0.15) is 45.6 Å². The van der Waals surface area contributed by atoms with Crippen LogP contribution in [0, 0.1) is 17.8 Å². The number of esters is 1. The lowest BCUT2D eigenvalue weighted by Crippen LogP contribution is -2.66. The molecule has 150 valence electrons. The Kier molecular flexibility index (Phi) is 4.10. The number of rotatable bonds is 3. The van der Waals surface area contributed by atoms with Crippen molar-refractivity contribution < 1.29 is 14.3 Å². The number of benzene rings is 1. The quantitative estimate of drug-likeness (QED) is 0.754. The van der Waals surface area contributed by atoms with Gasteiger partial charge in [0.1, 0.15) is 0 Å². The van der Waals surface area contributed by atoms with Crippen LogP contribution in [0.25, 0.3) is 0 Å². The summed E-state index contributed by atoms with van der Waals surface area (Å²) >= 11 is 0. The molecule has 2 saturated heterocycles. The highest BCUT2D eigenvalue weighted by molar-refractivity contribution is 5.96. The van der Waals surface area contributed by atoms with Crippen molar-refractivity contribution in [3.05, 3.63) is 29.8 Å². The molecule has 1 aromatic carbocycles. The summed E-state index contributed by atoms with van der Waals surface area (Å²) in [6.07, 6.45) is 3.38. The molecule has 6 atom stereocenters. The molecule has 1 aliphatic carbocycles. The molecule has 1 amide bonds. The van der Waals surface area contributed by atoms with E-state index in [4.69, 9.17) is 4.74 Å². The second-order valence-corrected chi connectivity index (χ2v) is 9.19. The second-order valence-electron chi connectivity index (χ2n) is 9.19. The summed E-state index contributed by atoms with van der Waals surface area (Å²) in [6.45, 7) is 8.12. The van der Waals surface area contributed by atoms with Crippen LogP contribution in [0.15, 0.2) is 24.3 Å². The van der Waals surface area contributed by atoms with Gasteiger partial charge >= 0.3 is 5.97 Å². The van der Waals surface area contributed by atoms with Crippen LogP contribution in [0.3, 0.4) is 0 Å². The van der Waals surface area contributed by atoms with Crippen molar-refractivity contribution >= 4 is 17.6 Å². The van der Waals surface area contributed by atoms with E-state index < -0.39 is 0 Å². The zero-order chi connectivity index (χ0) is 19.6. The Balaban J connectivity index is 1.69. The molecule has 0 N–H and O–H groups in total. The molecule has 2 bridgehead atoms. The van der Waals surface area contributed by atoms with Gasteiger partial charge in [0.05, 0.1) is 12.6 Å². The van der Waals surface area contributed by atoms with Crippen molar-refractivity contribution in [3.63, 3.8) is 0 Å². The Morgan fingerprint density at radius 2 is 2.04 bits per heavy atom. The number of para-hydroxylation sites is 1. The number of hydrogen-bond donors (Lipinski definition) is 0. The van der Waals surface area contributed by atoms with Crippen LogP contribution in [0.5, 0.6) is 0 Å². The molecule has 5 nitrogen and oxygen atoms in total. The fourth-order valence-electron chi connectivity index (χ4n) is 7.28. The molecular formula is C23H30N2O3. The molecule has 3 fully saturated rings. The average Bonchev–Trinajstić information content (AvgIpc) is 3.21. The molecular weight excluding hydrogens is 352 g/mol. The summed E-state index contributed by atoms with van der Waals surface area (Å²) in [5.41, 5.74) is 2.39. The van der Waals surface area contributed by atoms with E-state index >= 15 is 0 Å². The molecule has 0 unspecified atom stereocenters. The highest BCUT2D eigenvalue weighted by atomic mass is 16.5. The van der Waals surface area contributed by atoms with E-state index in [2.05, 4.69) is 34.9 Å². The van der Waals surface area contributed by atoms with Crippen molar-refractivity contribution in [2.45, 2.75) is 57.5 Å². The van der Waals surface area contributed by atoms with Crippen molar-refractivity contribution in [2.24, 2.45) is 17.8 Å². The molecule has 28 heavy (non-hydrogen) atoms. The maximum Gasteiger partial charge on any atom is 0.302 e. The average molecular weight is 383 g/mol. The monoisotopic (exact) mass is 382 g/mol. The Bertz CT molecular complexity index is 824. The molecule has 0 aromatic heterocycles. The van der Waals surface area contributed by atoms with E-state index in [-0.39, 0.29) is 29.3 Å². The molecule has 3 heterocycles. The van der Waals surface area contributed by atoms with Gasteiger partial charge in [0.15, 0.2) is 0 Å². The van der Waals surface area contributed by atoms with Crippen LogP contribution < -0.4 is 4.90 Å². The number of carbonyl (C=O) groups excluding carboxylic acids is 2. The van der Waals surface area contributed by atoms with E-state index in [1.807, 2.05) is 6.07 Å². The van der Waals surface area contributed by atoms with E-state index in [0.29, 0.717) is 24.5 Å². The summed E-state index contributed by atoms with van der Waals surface area (Å²) in [4.78, 5) is 29.3. The fourth-order valence-corrected chi connectivity index (χ4v) is 7.28. The smallest absolute Gasteiger partial charge is 0.302 e. The minimum Gasteiger partial charge on any atom is -0.465 e. The first kappa shape index (κ1) is 18.2. The predicted octanol–water partition coefficient (Wildman–Crippen LogP) is 2.97. The van der Waals surface area contributed by atoms with Gasteiger partial charge in [-0.3, -0.25) is 14.5 Å². The first-order chi connectivity index (χ1) is 13.5. The summed E-state index contributed by atoms with van der Waals surface area (Å²) < 4.78 is 5.61. The minimum atomic E-state index is -0.224. The van der Waals surface area contributed by atoms with Gasteiger partial charge in [-0.15, -0.1) is 0 Å². The molecule has 5 heteroatoms. The maximum atomic E-state index is 12.9. The summed E-state index contributed by atoms with van der Waals surface area (Å²) in [5.74, 6) is 1.18. The molecule has 1 saturated carbocycles. The van der Waals surface area contributed by atoms with Crippen molar-refractivity contribution in [2.75, 3.05) is 24.6 Å². The SMILES string of the molecule is CC[C@@H]1CN2CC[C@]34c5ccccc5N(C(C)=O)[C@H]3[C@H](COC(C)=O)[C@H]1C[C@H]24. The summed E-state index contributed by atoms with van der Waals surface area (Å²) in [5, 5.41) is 0. The third kappa shape index (κ3) is 2.23. The van der Waals surface area contributed by atoms with Crippen LogP contribution in [0.4, 0.5) is 5.69 Å². The first-order valence-electron chi connectivity index (χ1n) is 10.8. The van der Waals surface area contributed by atoms with Gasteiger partial charge in [-0.1, -0.05) is 31.5 Å². The molecule has 4 aliphatic rings. The van der Waals surface area contributed by atoms with Crippen molar-refractivity contribution in [3.8, 4) is 0 Å². The van der Waals surface area contributed by atoms with Gasteiger partial charge < -0.3 is 9.64 Å². The fraction of sp³-hybridized carbons (Fsp3) is 0.652. The van der Waals surface area contributed by atoms with Gasteiger partial charge in [-0.2, -0.15) is 0 Å². The lowest BCUT2D eigenvalue weighted by Gasteiger charge is -2.57. The van der Waals surface area contributed by atoms with Crippen molar-refractivity contribution in [1.29, 1.82) is 0 Å². The number of amides is 1. The Labute approximate surface area is 167 Å². The third-order valence-electron chi connectivity index (χ3n) is 8.19. The van der Waals surface area contributed by atoms with Gasteiger partial charge in [0.2, 0.25) is 5.91 Å². The highest BCUT2D eigenvalue weighted by Crippen LogP contribution is 2.63. The number of fused-ring (bicyclic) bond motifs is 2. The Hall–Kier alpha value is -1.88. The van der Waals surface area contributed by atoms with Crippen LogP contribution in [0.2, 0.25) is 0 Å². The topological polar surface area (TPSA) is 49.9 Å². The van der Waals surface area contributed by atoms with Crippen LogP contribution in [-0.4, -0.2) is 48.6 Å². The van der Waals surface area contributed by atoms with Crippen LogP contribution >= 0.6 is 0 Å². The Morgan fingerprint density at radius 1 is 1.25 bits per heavy atom. The predicted molar refractivity (Wildman–Crippen MR) is 107 cm³/mol. The lowest BCUT2D eigenvalue weighted by molar-refractivity contribution is -0.146. The second kappa shape index (κ2) is 6.31. The molecule has 5 rings (SSSR count). The van der Waals surface area contributed by atoms with E-state index in [9.17, 15) is 9.59 Å². The normalized spacial score (nSPS) is 38.1. The largest absolute Gasteiger partial charge is 0.465 e. The zero-order valence-electron chi connectivity index (χ0n) is 17.1. The van der Waals surface area contributed by atoms with Gasteiger partial charge in [-0.25, -0.2) is 0 Å². The number of ether oxygens (including phenoxy) is 1. The number of carbonyl (C=O) groups is 2. The number of piperidine rings is 1. The van der Waals surface area contributed by atoms with Gasteiger partial charge in [0.25, 0.3) is 0 Å². The first-order valence-corrected chi connectivity index (χ1v) is 10.8. The molecule has 1 spiro atoms. The maximum absolute atomic E-state index is 12.9. The lowest BCUT2D eigenvalue weighted by atomic mass is 9.54. The number of hydrogen-bond acceptors (Lipinski definition) is 4. The van der Waals surface area contributed by atoms with Gasteiger partial charge in [0, 0.05) is 43.5 Å².